The summed E-state index contributed by atoms with van der Waals surface area (Å²) in [5, 5.41) is 0. The molecule has 0 heterocycles. The van der Waals surface area contributed by atoms with E-state index in [2.05, 4.69) is 4.99 Å². The van der Waals surface area contributed by atoms with Crippen LogP contribution in [0.3, 0.4) is 0 Å². The molecular formula is C17H13F6N. The third-order valence-electron chi connectivity index (χ3n) is 3.36. The summed E-state index contributed by atoms with van der Waals surface area (Å²) in [6.07, 6.45) is -9.38. The normalized spacial score (nSPS) is 14.5. The largest absolute Gasteiger partial charge is 0.433 e. The molecule has 0 N–H and O–H groups in total. The second kappa shape index (κ2) is 6.67. The maximum Gasteiger partial charge on any atom is 0.433 e. The molecule has 0 aliphatic rings. The smallest absolute Gasteiger partial charge is 0.272 e. The van der Waals surface area contributed by atoms with Crippen molar-refractivity contribution in [2.45, 2.75) is 25.3 Å². The maximum absolute atomic E-state index is 13.3. The van der Waals surface area contributed by atoms with Gasteiger partial charge in [0.25, 0.3) is 0 Å². The molecule has 0 spiro atoms. The van der Waals surface area contributed by atoms with Crippen LogP contribution in [-0.2, 0) is 6.18 Å². The molecule has 0 fully saturated rings. The first-order chi connectivity index (χ1) is 11.1. The van der Waals surface area contributed by atoms with Crippen molar-refractivity contribution in [3.8, 4) is 0 Å². The highest BCUT2D eigenvalue weighted by Gasteiger charge is 2.38. The van der Waals surface area contributed by atoms with Crippen molar-refractivity contribution < 1.29 is 26.3 Å². The number of hydrogen-bond acceptors (Lipinski definition) is 1. The van der Waals surface area contributed by atoms with E-state index in [1.807, 2.05) is 0 Å². The van der Waals surface area contributed by atoms with Crippen LogP contribution in [0.2, 0.25) is 0 Å². The summed E-state index contributed by atoms with van der Waals surface area (Å²) >= 11 is 0. The lowest BCUT2D eigenvalue weighted by molar-refractivity contribution is -0.137. The number of alkyl halides is 6. The minimum Gasteiger partial charge on any atom is -0.272 e. The molecule has 1 atom stereocenters. The Morgan fingerprint density at radius 1 is 0.833 bits per heavy atom. The van der Waals surface area contributed by atoms with E-state index in [1.165, 1.54) is 6.92 Å². The number of benzene rings is 2. The lowest BCUT2D eigenvalue weighted by Gasteiger charge is -2.15. The van der Waals surface area contributed by atoms with Gasteiger partial charge in [-0.05, 0) is 24.6 Å². The fourth-order valence-electron chi connectivity index (χ4n) is 2.13. The van der Waals surface area contributed by atoms with Gasteiger partial charge in [-0.15, -0.1) is 0 Å². The molecule has 2 aromatic rings. The lowest BCUT2D eigenvalue weighted by Crippen LogP contribution is -2.25. The second-order valence-corrected chi connectivity index (χ2v) is 5.14. The van der Waals surface area contributed by atoms with Crippen LogP contribution >= 0.6 is 0 Å². The van der Waals surface area contributed by atoms with Crippen LogP contribution in [0.4, 0.5) is 26.3 Å². The molecule has 0 aromatic heterocycles. The fourth-order valence-corrected chi connectivity index (χ4v) is 2.13. The molecule has 0 aliphatic carbocycles. The zero-order valence-electron chi connectivity index (χ0n) is 12.5. The van der Waals surface area contributed by atoms with Crippen LogP contribution in [0.15, 0.2) is 59.6 Å². The molecule has 0 aliphatic heterocycles. The quantitative estimate of drug-likeness (QED) is 0.491. The standard InChI is InChI=1S/C17H13F6N/c1-11(12-5-3-2-4-6-12)24-15(17(21,22)23)13-7-9-14(10-8-13)16(18,19)20/h2-11H,1H3/t11-/m1/s1. The van der Waals surface area contributed by atoms with Crippen LogP contribution in [0.25, 0.3) is 0 Å². The summed E-state index contributed by atoms with van der Waals surface area (Å²) in [6, 6.07) is 10.3. The summed E-state index contributed by atoms with van der Waals surface area (Å²) in [6.45, 7) is 1.49. The number of rotatable bonds is 3. The number of nitrogens with zero attached hydrogens (tertiary/aromatic N) is 1. The Kier molecular flexibility index (Phi) is 5.01. The Labute approximate surface area is 134 Å². The van der Waals surface area contributed by atoms with E-state index in [-0.39, 0.29) is 0 Å². The number of halogens is 6. The molecule has 0 radical (unpaired) electrons. The predicted octanol–water partition coefficient (Wildman–Crippen LogP) is 5.82. The molecule has 7 heteroatoms. The Bertz CT molecular complexity index is 699. The molecule has 24 heavy (non-hydrogen) atoms. The molecular weight excluding hydrogens is 332 g/mol. The minimum atomic E-state index is -4.78. The molecule has 1 nitrogen and oxygen atoms in total. The average molecular weight is 345 g/mol. The monoisotopic (exact) mass is 345 g/mol. The van der Waals surface area contributed by atoms with Crippen LogP contribution in [0.5, 0.6) is 0 Å². The highest BCUT2D eigenvalue weighted by atomic mass is 19.4. The first kappa shape index (κ1) is 18.0. The molecule has 0 bridgehead atoms. The first-order valence-electron chi connectivity index (χ1n) is 6.96. The molecule has 0 unspecified atom stereocenters. The van der Waals surface area contributed by atoms with Crippen LogP contribution in [-0.4, -0.2) is 11.9 Å². The van der Waals surface area contributed by atoms with Crippen molar-refractivity contribution in [3.05, 3.63) is 71.3 Å². The van der Waals surface area contributed by atoms with E-state index in [0.29, 0.717) is 17.7 Å². The van der Waals surface area contributed by atoms with Gasteiger partial charge in [0, 0.05) is 5.56 Å². The summed E-state index contributed by atoms with van der Waals surface area (Å²) in [7, 11) is 0. The van der Waals surface area contributed by atoms with E-state index in [9.17, 15) is 26.3 Å². The fraction of sp³-hybridized carbons (Fsp3) is 0.235. The Morgan fingerprint density at radius 2 is 1.38 bits per heavy atom. The molecule has 0 saturated heterocycles. The second-order valence-electron chi connectivity index (χ2n) is 5.14. The Morgan fingerprint density at radius 3 is 1.83 bits per heavy atom. The minimum absolute atomic E-state index is 0.404. The Hall–Kier alpha value is -2.31. The molecule has 128 valence electrons. The zero-order valence-corrected chi connectivity index (χ0v) is 12.5. The van der Waals surface area contributed by atoms with E-state index >= 15 is 0 Å². The van der Waals surface area contributed by atoms with Crippen LogP contribution in [0.1, 0.15) is 29.7 Å². The average Bonchev–Trinajstić information content (AvgIpc) is 2.51. The van der Waals surface area contributed by atoms with Crippen molar-refractivity contribution in [3.63, 3.8) is 0 Å². The van der Waals surface area contributed by atoms with Gasteiger partial charge < -0.3 is 0 Å². The Balaban J connectivity index is 2.41. The molecule has 2 aromatic carbocycles. The molecule has 2 rings (SSSR count). The summed E-state index contributed by atoms with van der Waals surface area (Å²) in [5.41, 5.74) is -2.04. The topological polar surface area (TPSA) is 12.4 Å². The van der Waals surface area contributed by atoms with Crippen molar-refractivity contribution in [1.82, 2.24) is 0 Å². The van der Waals surface area contributed by atoms with Gasteiger partial charge in [0.15, 0.2) is 0 Å². The lowest BCUT2D eigenvalue weighted by atomic mass is 10.0. The zero-order chi connectivity index (χ0) is 18.0. The maximum atomic E-state index is 13.3. The first-order valence-corrected chi connectivity index (χ1v) is 6.96. The van der Waals surface area contributed by atoms with Gasteiger partial charge >= 0.3 is 12.4 Å². The van der Waals surface area contributed by atoms with Crippen molar-refractivity contribution in [2.24, 2.45) is 4.99 Å². The van der Waals surface area contributed by atoms with Crippen molar-refractivity contribution in [2.75, 3.05) is 0 Å². The third-order valence-corrected chi connectivity index (χ3v) is 3.36. The van der Waals surface area contributed by atoms with Gasteiger partial charge in [0.05, 0.1) is 11.6 Å². The SMILES string of the molecule is C[C@@H](N=C(c1ccc(C(F)(F)F)cc1)C(F)(F)F)c1ccccc1. The van der Waals surface area contributed by atoms with Crippen LogP contribution in [0, 0.1) is 0 Å². The number of hydrogen-bond donors (Lipinski definition) is 0. The van der Waals surface area contributed by atoms with Gasteiger partial charge in [-0.1, -0.05) is 42.5 Å². The van der Waals surface area contributed by atoms with Crippen molar-refractivity contribution >= 4 is 5.71 Å². The van der Waals surface area contributed by atoms with Gasteiger partial charge in [-0.25, -0.2) is 0 Å². The van der Waals surface area contributed by atoms with E-state index in [0.717, 1.165) is 12.1 Å². The van der Waals surface area contributed by atoms with E-state index in [4.69, 9.17) is 0 Å². The highest BCUT2D eigenvalue weighted by molar-refractivity contribution is 6.04. The summed E-state index contributed by atoms with van der Waals surface area (Å²) < 4.78 is 77.4. The van der Waals surface area contributed by atoms with Gasteiger partial charge in [-0.2, -0.15) is 26.3 Å². The van der Waals surface area contributed by atoms with Crippen molar-refractivity contribution in [1.29, 1.82) is 0 Å². The van der Waals surface area contributed by atoms with Gasteiger partial charge in [0.1, 0.15) is 5.71 Å². The van der Waals surface area contributed by atoms with E-state index < -0.39 is 35.2 Å². The highest BCUT2D eigenvalue weighted by Crippen LogP contribution is 2.31. The third kappa shape index (κ3) is 4.37. The van der Waals surface area contributed by atoms with E-state index in [1.54, 1.807) is 30.3 Å². The van der Waals surface area contributed by atoms with Gasteiger partial charge in [0.2, 0.25) is 0 Å². The summed E-state index contributed by atoms with van der Waals surface area (Å²) in [4.78, 5) is 3.69. The number of aliphatic imine (C=N–C) groups is 1. The summed E-state index contributed by atoms with van der Waals surface area (Å²) in [5.74, 6) is 0. The molecule has 0 saturated carbocycles. The molecule has 0 amide bonds. The van der Waals surface area contributed by atoms with Gasteiger partial charge in [-0.3, -0.25) is 4.99 Å². The van der Waals surface area contributed by atoms with Crippen LogP contribution < -0.4 is 0 Å². The predicted molar refractivity (Wildman–Crippen MR) is 78.9 cm³/mol.